The number of phenolic OH excluding ortho intramolecular Hbond substituents is 1. The largest absolute Gasteiger partial charge is 0.507 e. The van der Waals surface area contributed by atoms with E-state index in [2.05, 4.69) is 0 Å². The molecule has 1 N–H and O–H groups in total. The fraction of sp³-hybridized carbons (Fsp3) is 0.111. The second-order valence-corrected chi connectivity index (χ2v) is 2.75. The molecule has 1 aromatic carbocycles. The van der Waals surface area contributed by atoms with E-state index in [0.717, 1.165) is 0 Å². The molecule has 60 valence electrons. The van der Waals surface area contributed by atoms with Crippen LogP contribution in [0.2, 0.25) is 0 Å². The monoisotopic (exact) mass is 162 g/mol. The van der Waals surface area contributed by atoms with E-state index in [4.69, 9.17) is 0 Å². The number of carbonyl (C=O) groups excluding carboxylic acids is 2. The van der Waals surface area contributed by atoms with Crippen LogP contribution in [0.3, 0.4) is 0 Å². The minimum Gasteiger partial charge on any atom is -0.507 e. The molecule has 0 saturated carbocycles. The summed E-state index contributed by atoms with van der Waals surface area (Å²) in [5.74, 6) is -0.113. The molecule has 1 aliphatic rings. The maximum atomic E-state index is 10.9. The van der Waals surface area contributed by atoms with Gasteiger partial charge in [-0.1, -0.05) is 0 Å². The summed E-state index contributed by atoms with van der Waals surface area (Å²) in [6.45, 7) is 0. The van der Waals surface area contributed by atoms with E-state index in [1.165, 1.54) is 12.1 Å². The van der Waals surface area contributed by atoms with Crippen molar-refractivity contribution in [2.45, 2.75) is 6.42 Å². The molecular weight excluding hydrogens is 156 g/mol. The molecule has 0 aliphatic heterocycles. The first-order valence-corrected chi connectivity index (χ1v) is 3.57. The number of aromatic hydroxyl groups is 1. The van der Waals surface area contributed by atoms with Crippen molar-refractivity contribution >= 4 is 12.1 Å². The molecule has 0 amide bonds. The van der Waals surface area contributed by atoms with Gasteiger partial charge in [-0.2, -0.15) is 0 Å². The maximum absolute atomic E-state index is 10.9. The lowest BCUT2D eigenvalue weighted by molar-refractivity contribution is 0.0964. The Balaban J connectivity index is 2.69. The van der Waals surface area contributed by atoms with E-state index in [-0.39, 0.29) is 18.0 Å². The average molecular weight is 162 g/mol. The smallest absolute Gasteiger partial charge is 0.171 e. The highest BCUT2D eigenvalue weighted by atomic mass is 16.3. The molecule has 2 rings (SSSR count). The molecule has 12 heavy (non-hydrogen) atoms. The summed E-state index contributed by atoms with van der Waals surface area (Å²) >= 11 is 0. The Labute approximate surface area is 68.6 Å². The summed E-state index contributed by atoms with van der Waals surface area (Å²) in [7, 11) is 0. The molecule has 0 saturated heterocycles. The van der Waals surface area contributed by atoms with E-state index in [1.54, 1.807) is 0 Å². The molecule has 1 aromatic rings. The van der Waals surface area contributed by atoms with Crippen molar-refractivity contribution in [3.05, 3.63) is 28.8 Å². The predicted octanol–water partition coefficient (Wildman–Crippen LogP) is 0.944. The predicted molar refractivity (Wildman–Crippen MR) is 41.5 cm³/mol. The Morgan fingerprint density at radius 2 is 2.17 bits per heavy atom. The Morgan fingerprint density at radius 1 is 1.42 bits per heavy atom. The molecule has 1 aliphatic carbocycles. The molecule has 3 nitrogen and oxygen atoms in total. The Bertz CT molecular complexity index is 380. The van der Waals surface area contributed by atoms with Crippen LogP contribution < -0.4 is 0 Å². The lowest BCUT2D eigenvalue weighted by Crippen LogP contribution is -2.20. The average Bonchev–Trinajstić information content (AvgIpc) is 2.02. The first-order valence-electron chi connectivity index (χ1n) is 3.57. The molecule has 0 unspecified atom stereocenters. The van der Waals surface area contributed by atoms with Gasteiger partial charge in [0.05, 0.1) is 5.56 Å². The zero-order valence-corrected chi connectivity index (χ0v) is 6.20. The standard InChI is InChI=1S/C9H6O3/c10-4-5-1-2-7(11)9-6(5)3-8(9)12/h1-2,4,11H,3H2. The van der Waals surface area contributed by atoms with Gasteiger partial charge in [-0.15, -0.1) is 0 Å². The lowest BCUT2D eigenvalue weighted by Gasteiger charge is -2.19. The molecule has 0 spiro atoms. The quantitative estimate of drug-likeness (QED) is 0.625. The second-order valence-electron chi connectivity index (χ2n) is 2.75. The fourth-order valence-electron chi connectivity index (χ4n) is 1.41. The highest BCUT2D eigenvalue weighted by Gasteiger charge is 2.29. The number of aldehydes is 1. The van der Waals surface area contributed by atoms with Crippen LogP contribution in [-0.2, 0) is 6.42 Å². The van der Waals surface area contributed by atoms with Crippen molar-refractivity contribution in [2.24, 2.45) is 0 Å². The third-order valence-electron chi connectivity index (χ3n) is 2.07. The molecule has 0 bridgehead atoms. The van der Waals surface area contributed by atoms with Crippen molar-refractivity contribution in [1.82, 2.24) is 0 Å². The molecule has 0 radical (unpaired) electrons. The van der Waals surface area contributed by atoms with Gasteiger partial charge in [-0.25, -0.2) is 0 Å². The summed E-state index contributed by atoms with van der Waals surface area (Å²) in [5, 5.41) is 9.20. The fourth-order valence-corrected chi connectivity index (χ4v) is 1.41. The van der Waals surface area contributed by atoms with Gasteiger partial charge in [-0.05, 0) is 17.7 Å². The van der Waals surface area contributed by atoms with Crippen molar-refractivity contribution in [2.75, 3.05) is 0 Å². The van der Waals surface area contributed by atoms with E-state index in [9.17, 15) is 14.7 Å². The third-order valence-corrected chi connectivity index (χ3v) is 2.07. The van der Waals surface area contributed by atoms with Crippen LogP contribution in [0.5, 0.6) is 5.75 Å². The van der Waals surface area contributed by atoms with Crippen molar-refractivity contribution < 1.29 is 14.7 Å². The maximum Gasteiger partial charge on any atom is 0.171 e. The zero-order valence-electron chi connectivity index (χ0n) is 6.20. The van der Waals surface area contributed by atoms with Gasteiger partial charge < -0.3 is 5.11 Å². The topological polar surface area (TPSA) is 54.4 Å². The first kappa shape index (κ1) is 7.03. The van der Waals surface area contributed by atoms with Crippen LogP contribution in [0, 0.1) is 0 Å². The van der Waals surface area contributed by atoms with Crippen molar-refractivity contribution in [3.63, 3.8) is 0 Å². The summed E-state index contributed by atoms with van der Waals surface area (Å²) in [6, 6.07) is 2.90. The number of Topliss-reactive ketones (excluding diaryl/α,β-unsaturated/α-hetero) is 1. The van der Waals surface area contributed by atoms with Gasteiger partial charge in [0.2, 0.25) is 0 Å². The number of ketones is 1. The molecule has 0 heterocycles. The van der Waals surface area contributed by atoms with Crippen molar-refractivity contribution in [1.29, 1.82) is 0 Å². The van der Waals surface area contributed by atoms with Gasteiger partial charge in [-0.3, -0.25) is 9.59 Å². The number of carbonyl (C=O) groups is 2. The van der Waals surface area contributed by atoms with E-state index in [0.29, 0.717) is 23.0 Å². The summed E-state index contributed by atoms with van der Waals surface area (Å²) < 4.78 is 0. The van der Waals surface area contributed by atoms with Crippen LogP contribution in [0.4, 0.5) is 0 Å². The number of hydrogen-bond acceptors (Lipinski definition) is 3. The second kappa shape index (κ2) is 2.17. The van der Waals surface area contributed by atoms with Gasteiger partial charge in [0.25, 0.3) is 0 Å². The molecule has 3 heteroatoms. The summed E-state index contributed by atoms with van der Waals surface area (Å²) in [6.07, 6.45) is 0.975. The molecule has 0 aromatic heterocycles. The zero-order chi connectivity index (χ0) is 8.72. The SMILES string of the molecule is O=Cc1ccc(O)c2c1CC2=O. The molecular formula is C9H6O3. The molecule has 0 atom stereocenters. The number of hydrogen-bond donors (Lipinski definition) is 1. The van der Waals surface area contributed by atoms with Crippen LogP contribution in [0.25, 0.3) is 0 Å². The highest BCUT2D eigenvalue weighted by Crippen LogP contribution is 2.32. The Hall–Kier alpha value is -1.64. The van der Waals surface area contributed by atoms with Gasteiger partial charge in [0.15, 0.2) is 5.78 Å². The minimum absolute atomic E-state index is 0.0214. The highest BCUT2D eigenvalue weighted by molar-refractivity contribution is 6.11. The van der Waals surface area contributed by atoms with Gasteiger partial charge in [0, 0.05) is 12.0 Å². The number of rotatable bonds is 1. The van der Waals surface area contributed by atoms with Crippen LogP contribution >= 0.6 is 0 Å². The summed E-state index contributed by atoms with van der Waals surface area (Å²) in [5.41, 5.74) is 1.50. The third kappa shape index (κ3) is 0.704. The Kier molecular flexibility index (Phi) is 1.27. The van der Waals surface area contributed by atoms with Gasteiger partial charge in [0.1, 0.15) is 12.0 Å². The van der Waals surface area contributed by atoms with Crippen LogP contribution in [0.15, 0.2) is 12.1 Å². The van der Waals surface area contributed by atoms with E-state index in [1.807, 2.05) is 0 Å². The van der Waals surface area contributed by atoms with E-state index >= 15 is 0 Å². The minimum atomic E-state index is -0.0915. The number of phenols is 1. The van der Waals surface area contributed by atoms with Crippen LogP contribution in [-0.4, -0.2) is 17.2 Å². The first-order chi connectivity index (χ1) is 5.74. The molecule has 0 fully saturated rings. The summed E-state index contributed by atoms with van der Waals surface area (Å²) in [4.78, 5) is 21.4. The van der Waals surface area contributed by atoms with Crippen LogP contribution in [0.1, 0.15) is 26.3 Å². The van der Waals surface area contributed by atoms with Gasteiger partial charge >= 0.3 is 0 Å². The normalized spacial score (nSPS) is 13.5. The Morgan fingerprint density at radius 3 is 2.75 bits per heavy atom. The van der Waals surface area contributed by atoms with Crippen molar-refractivity contribution in [3.8, 4) is 5.75 Å². The lowest BCUT2D eigenvalue weighted by atomic mass is 9.83. The number of benzene rings is 1. The van der Waals surface area contributed by atoms with E-state index < -0.39 is 0 Å². The number of fused-ring (bicyclic) bond motifs is 1.